The third-order valence-electron chi connectivity index (χ3n) is 3.91. The first-order valence-corrected chi connectivity index (χ1v) is 10.8. The molecule has 29 heavy (non-hydrogen) atoms. The molecule has 0 atom stereocenters. The molecule has 0 bridgehead atoms. The van der Waals surface area contributed by atoms with E-state index in [1.807, 2.05) is 0 Å². The first-order chi connectivity index (χ1) is 13.9. The lowest BCUT2D eigenvalue weighted by Crippen LogP contribution is -2.24. The first-order valence-electron chi connectivity index (χ1n) is 8.40. The van der Waals surface area contributed by atoms with E-state index in [9.17, 15) is 17.6 Å². The highest BCUT2D eigenvalue weighted by molar-refractivity contribution is 7.89. The summed E-state index contributed by atoms with van der Waals surface area (Å²) >= 11 is 1.22. The summed E-state index contributed by atoms with van der Waals surface area (Å²) in [6.45, 7) is 0.0584. The van der Waals surface area contributed by atoms with Crippen molar-refractivity contribution >= 4 is 27.3 Å². The molecular formula is C20H16FN3O3S2. The molecule has 3 aromatic rings. The molecule has 148 valence electrons. The van der Waals surface area contributed by atoms with Gasteiger partial charge in [-0.15, -0.1) is 17.8 Å². The van der Waals surface area contributed by atoms with Gasteiger partial charge in [-0.25, -0.2) is 12.8 Å². The zero-order valence-corrected chi connectivity index (χ0v) is 16.7. The number of benzene rings is 2. The van der Waals surface area contributed by atoms with E-state index in [1.54, 1.807) is 34.3 Å². The summed E-state index contributed by atoms with van der Waals surface area (Å²) in [5, 5.41) is 1.73. The lowest BCUT2D eigenvalue weighted by Gasteiger charge is -2.06. The number of amides is 1. The zero-order chi connectivity index (χ0) is 20.9. The van der Waals surface area contributed by atoms with Crippen molar-refractivity contribution < 1.29 is 17.6 Å². The molecule has 0 radical (unpaired) electrons. The molecule has 0 spiro atoms. The fourth-order valence-corrected chi connectivity index (χ4v) is 4.19. The van der Waals surface area contributed by atoms with Crippen LogP contribution in [0.25, 0.3) is 0 Å². The lowest BCUT2D eigenvalue weighted by atomic mass is 10.2. The first kappa shape index (κ1) is 20.7. The molecule has 0 aliphatic rings. The maximum absolute atomic E-state index is 13.9. The number of sulfonamides is 1. The molecule has 1 N–H and O–H groups in total. The topological polar surface area (TPSA) is 80.5 Å². The fraction of sp³-hybridized carbons (Fsp3) is 0.100. The predicted molar refractivity (Wildman–Crippen MR) is 108 cm³/mol. The summed E-state index contributed by atoms with van der Waals surface area (Å²) in [6, 6.07) is 11.9. The van der Waals surface area contributed by atoms with Crippen molar-refractivity contribution in [3.63, 3.8) is 0 Å². The van der Waals surface area contributed by atoms with Crippen molar-refractivity contribution in [1.29, 1.82) is 0 Å². The molecule has 0 fully saturated rings. The summed E-state index contributed by atoms with van der Waals surface area (Å²) in [5.41, 5.74) is 0.576. The molecule has 1 amide bonds. The van der Waals surface area contributed by atoms with Gasteiger partial charge in [-0.3, -0.25) is 4.79 Å². The van der Waals surface area contributed by atoms with E-state index in [1.165, 1.54) is 41.7 Å². The Kier molecular flexibility index (Phi) is 6.39. The van der Waals surface area contributed by atoms with Crippen LogP contribution in [0.1, 0.15) is 15.9 Å². The number of carbonyl (C=O) groups is 1. The van der Waals surface area contributed by atoms with Crippen molar-refractivity contribution in [1.82, 2.24) is 9.29 Å². The van der Waals surface area contributed by atoms with Gasteiger partial charge in [0, 0.05) is 22.7 Å². The Balaban J connectivity index is 1.89. The van der Waals surface area contributed by atoms with E-state index in [2.05, 4.69) is 15.6 Å². The number of nitrogens with one attached hydrogen (secondary N) is 1. The summed E-state index contributed by atoms with van der Waals surface area (Å²) in [4.78, 5) is 16.9. The second-order valence-corrected chi connectivity index (χ2v) is 8.52. The number of halogens is 1. The highest BCUT2D eigenvalue weighted by atomic mass is 32.2. The Labute approximate surface area is 171 Å². The molecular weight excluding hydrogens is 413 g/mol. The number of thiazole rings is 1. The van der Waals surface area contributed by atoms with Crippen LogP contribution in [-0.2, 0) is 16.6 Å². The molecule has 9 heteroatoms. The number of rotatable bonds is 6. The summed E-state index contributed by atoms with van der Waals surface area (Å²) in [7, 11) is -3.82. The number of hydrogen-bond acceptors (Lipinski definition) is 4. The van der Waals surface area contributed by atoms with Crippen LogP contribution < -0.4 is 9.52 Å². The standard InChI is InChI=1S/C20H16FN3O3S2/c1-2-10-22-29(26,27)17-8-5-7-15(13-17)19(25)23-20-24(11-12-28-20)14-16-6-3-4-9-18(16)21/h1,3-9,11-13,22H,10,14H2. The Morgan fingerprint density at radius 1 is 1.24 bits per heavy atom. The predicted octanol–water partition coefficient (Wildman–Crippen LogP) is 2.39. The number of terminal acetylenes is 1. The van der Waals surface area contributed by atoms with Crippen LogP contribution in [-0.4, -0.2) is 25.4 Å². The van der Waals surface area contributed by atoms with Crippen molar-refractivity contribution in [3.05, 3.63) is 81.9 Å². The Morgan fingerprint density at radius 2 is 2.03 bits per heavy atom. The maximum atomic E-state index is 13.9. The van der Waals surface area contributed by atoms with E-state index >= 15 is 0 Å². The SMILES string of the molecule is C#CCNS(=O)(=O)c1cccc(C(=O)N=c2sccn2Cc2ccccc2F)c1. The van der Waals surface area contributed by atoms with Crippen LogP contribution in [0.4, 0.5) is 4.39 Å². The lowest BCUT2D eigenvalue weighted by molar-refractivity contribution is 0.0997. The molecule has 3 rings (SSSR count). The molecule has 0 saturated carbocycles. The Bertz CT molecular complexity index is 1250. The average molecular weight is 429 g/mol. The van der Waals surface area contributed by atoms with Gasteiger partial charge in [0.05, 0.1) is 18.0 Å². The number of nitrogens with zero attached hydrogens (tertiary/aromatic N) is 2. The van der Waals surface area contributed by atoms with Crippen molar-refractivity contribution in [3.8, 4) is 12.3 Å². The van der Waals surface area contributed by atoms with Crippen LogP contribution >= 0.6 is 11.3 Å². The van der Waals surface area contributed by atoms with Gasteiger partial charge in [0.15, 0.2) is 4.80 Å². The van der Waals surface area contributed by atoms with Crippen LogP contribution in [0, 0.1) is 18.2 Å². The van der Waals surface area contributed by atoms with Gasteiger partial charge in [-0.1, -0.05) is 30.2 Å². The van der Waals surface area contributed by atoms with Gasteiger partial charge < -0.3 is 4.57 Å². The third kappa shape index (κ3) is 5.06. The zero-order valence-electron chi connectivity index (χ0n) is 15.1. The van der Waals surface area contributed by atoms with Gasteiger partial charge in [0.1, 0.15) is 5.82 Å². The van der Waals surface area contributed by atoms with E-state index in [-0.39, 0.29) is 29.4 Å². The van der Waals surface area contributed by atoms with E-state index in [0.717, 1.165) is 0 Å². The minimum absolute atomic E-state index is 0.0841. The number of aromatic nitrogens is 1. The molecule has 0 aliphatic carbocycles. The van der Waals surface area contributed by atoms with Crippen molar-refractivity contribution in [2.75, 3.05) is 6.54 Å². The van der Waals surface area contributed by atoms with Gasteiger partial charge in [0.25, 0.3) is 5.91 Å². The molecule has 0 unspecified atom stereocenters. The summed E-state index contributed by atoms with van der Waals surface area (Å²) in [5.74, 6) is 1.23. The van der Waals surface area contributed by atoms with Gasteiger partial charge >= 0.3 is 0 Å². The Morgan fingerprint density at radius 3 is 2.79 bits per heavy atom. The molecule has 1 aromatic heterocycles. The third-order valence-corrected chi connectivity index (χ3v) is 6.10. The minimum atomic E-state index is -3.82. The van der Waals surface area contributed by atoms with Crippen LogP contribution in [0.3, 0.4) is 0 Å². The van der Waals surface area contributed by atoms with Crippen molar-refractivity contribution in [2.45, 2.75) is 11.4 Å². The van der Waals surface area contributed by atoms with E-state index in [4.69, 9.17) is 6.42 Å². The van der Waals surface area contributed by atoms with E-state index < -0.39 is 15.9 Å². The normalized spacial score (nSPS) is 11.9. The van der Waals surface area contributed by atoms with Crippen LogP contribution in [0.15, 0.2) is 70.0 Å². The second kappa shape index (κ2) is 8.96. The molecule has 0 saturated heterocycles. The second-order valence-electron chi connectivity index (χ2n) is 5.88. The number of hydrogen-bond donors (Lipinski definition) is 1. The number of carbonyl (C=O) groups excluding carboxylic acids is 1. The molecule has 0 aliphatic heterocycles. The monoisotopic (exact) mass is 429 g/mol. The maximum Gasteiger partial charge on any atom is 0.279 e. The van der Waals surface area contributed by atoms with Gasteiger partial charge in [0.2, 0.25) is 10.0 Å². The summed E-state index contributed by atoms with van der Waals surface area (Å²) < 4.78 is 42.2. The summed E-state index contributed by atoms with van der Waals surface area (Å²) in [6.07, 6.45) is 6.78. The van der Waals surface area contributed by atoms with Gasteiger partial charge in [-0.2, -0.15) is 9.71 Å². The largest absolute Gasteiger partial charge is 0.319 e. The van der Waals surface area contributed by atoms with Crippen molar-refractivity contribution in [2.24, 2.45) is 4.99 Å². The highest BCUT2D eigenvalue weighted by Crippen LogP contribution is 2.13. The minimum Gasteiger partial charge on any atom is -0.319 e. The molecule has 1 heterocycles. The Hall–Kier alpha value is -3.06. The van der Waals surface area contributed by atoms with Crippen LogP contribution in [0.5, 0.6) is 0 Å². The smallest absolute Gasteiger partial charge is 0.279 e. The molecule has 6 nitrogen and oxygen atoms in total. The molecule has 2 aromatic carbocycles. The highest BCUT2D eigenvalue weighted by Gasteiger charge is 2.15. The fourth-order valence-electron chi connectivity index (χ4n) is 2.48. The van der Waals surface area contributed by atoms with Crippen LogP contribution in [0.2, 0.25) is 0 Å². The quantitative estimate of drug-likeness (QED) is 0.611. The average Bonchev–Trinajstić information content (AvgIpc) is 3.15. The van der Waals surface area contributed by atoms with Gasteiger partial charge in [-0.05, 0) is 24.3 Å². The van der Waals surface area contributed by atoms with E-state index in [0.29, 0.717) is 10.4 Å².